The molecule has 1 aliphatic heterocycles. The van der Waals surface area contributed by atoms with E-state index < -0.39 is 12.6 Å². The van der Waals surface area contributed by atoms with Gasteiger partial charge in [-0.25, -0.2) is 4.79 Å². The van der Waals surface area contributed by atoms with Gasteiger partial charge in [0.2, 0.25) is 0 Å². The summed E-state index contributed by atoms with van der Waals surface area (Å²) in [6, 6.07) is 15.0. The van der Waals surface area contributed by atoms with Gasteiger partial charge >= 0.3 is 5.97 Å². The summed E-state index contributed by atoms with van der Waals surface area (Å²) in [7, 11) is 0. The lowest BCUT2D eigenvalue weighted by molar-refractivity contribution is -0.139. The molecule has 0 aliphatic carbocycles. The highest BCUT2D eigenvalue weighted by Crippen LogP contribution is 2.34. The van der Waals surface area contributed by atoms with Crippen LogP contribution in [0.5, 0.6) is 5.75 Å². The molecule has 150 valence electrons. The second-order valence-corrected chi connectivity index (χ2v) is 8.14. The van der Waals surface area contributed by atoms with Crippen molar-refractivity contribution in [2.24, 2.45) is 0 Å². The van der Waals surface area contributed by atoms with E-state index in [4.69, 9.17) is 9.84 Å². The Balaban J connectivity index is 1.63. The quantitative estimate of drug-likeness (QED) is 0.562. The minimum Gasteiger partial charge on any atom is -0.481 e. The number of carboxylic acid groups (broad SMARTS) is 1. The number of ether oxygens (including phenoxy) is 1. The van der Waals surface area contributed by atoms with E-state index in [0.717, 1.165) is 18.2 Å². The summed E-state index contributed by atoms with van der Waals surface area (Å²) in [6.07, 6.45) is 3.15. The first kappa shape index (κ1) is 21.1. The molecule has 1 heterocycles. The van der Waals surface area contributed by atoms with Gasteiger partial charge in [0.1, 0.15) is 5.75 Å². The molecule has 8 heteroatoms. The van der Waals surface area contributed by atoms with Crippen LogP contribution in [-0.4, -0.2) is 40.3 Å². The number of imide groups is 1. The molecule has 2 aromatic carbocycles. The largest absolute Gasteiger partial charge is 0.481 e. The fraction of sp³-hybridized carbons (Fsp3) is 0.190. The molecular weight excluding hydrogens is 458 g/mol. The Morgan fingerprint density at radius 3 is 2.62 bits per heavy atom. The van der Waals surface area contributed by atoms with E-state index in [-0.39, 0.29) is 11.1 Å². The number of aryl methyl sites for hydroxylation is 1. The van der Waals surface area contributed by atoms with E-state index in [2.05, 4.69) is 15.9 Å². The van der Waals surface area contributed by atoms with Crippen molar-refractivity contribution in [2.75, 3.05) is 13.2 Å². The summed E-state index contributed by atoms with van der Waals surface area (Å²) in [4.78, 5) is 37.1. The second-order valence-electron chi connectivity index (χ2n) is 6.29. The van der Waals surface area contributed by atoms with Crippen LogP contribution < -0.4 is 4.74 Å². The summed E-state index contributed by atoms with van der Waals surface area (Å²) in [5.41, 5.74) is 1.87. The van der Waals surface area contributed by atoms with Crippen LogP contribution in [0.2, 0.25) is 0 Å². The van der Waals surface area contributed by atoms with Crippen LogP contribution in [0.4, 0.5) is 4.79 Å². The molecule has 0 spiro atoms. The van der Waals surface area contributed by atoms with Crippen molar-refractivity contribution < 1.29 is 24.2 Å². The fourth-order valence-corrected chi connectivity index (χ4v) is 4.17. The van der Waals surface area contributed by atoms with Crippen LogP contribution in [0.25, 0.3) is 6.08 Å². The first-order valence-electron chi connectivity index (χ1n) is 8.87. The third-order valence-electron chi connectivity index (χ3n) is 4.17. The van der Waals surface area contributed by atoms with Crippen LogP contribution in [0.15, 0.2) is 57.9 Å². The highest BCUT2D eigenvalue weighted by molar-refractivity contribution is 9.10. The Hall–Kier alpha value is -2.58. The first-order chi connectivity index (χ1) is 13.9. The Kier molecular flexibility index (Phi) is 7.11. The smallest absolute Gasteiger partial charge is 0.341 e. The topological polar surface area (TPSA) is 83.9 Å². The minimum absolute atomic E-state index is 0.269. The molecule has 3 rings (SSSR count). The fourth-order valence-electron chi connectivity index (χ4n) is 2.79. The number of thioether (sulfide) groups is 1. The zero-order valence-corrected chi connectivity index (χ0v) is 17.7. The SMILES string of the molecule is O=C(O)COc1ccc(/C=C2/SC(=O)N(CCCc3ccccc3)C2=O)cc1Br. The molecule has 0 bridgehead atoms. The number of hydrogen-bond donors (Lipinski definition) is 1. The lowest BCUT2D eigenvalue weighted by Gasteiger charge is -2.12. The van der Waals surface area contributed by atoms with Crippen LogP contribution in [-0.2, 0) is 16.0 Å². The molecule has 0 aromatic heterocycles. The highest BCUT2D eigenvalue weighted by Gasteiger charge is 2.34. The van der Waals surface area contributed by atoms with Gasteiger partial charge < -0.3 is 9.84 Å². The Labute approximate surface area is 180 Å². The van der Waals surface area contributed by atoms with Gasteiger partial charge in [-0.1, -0.05) is 36.4 Å². The molecule has 0 atom stereocenters. The molecule has 2 amide bonds. The zero-order chi connectivity index (χ0) is 20.8. The molecule has 1 saturated heterocycles. The first-order valence-corrected chi connectivity index (χ1v) is 10.5. The van der Waals surface area contributed by atoms with E-state index in [1.54, 1.807) is 24.3 Å². The molecule has 6 nitrogen and oxygen atoms in total. The molecule has 0 radical (unpaired) electrons. The van der Waals surface area contributed by atoms with Crippen molar-refractivity contribution >= 4 is 50.9 Å². The summed E-state index contributed by atoms with van der Waals surface area (Å²) in [5.74, 6) is -0.976. The Morgan fingerprint density at radius 2 is 1.93 bits per heavy atom. The summed E-state index contributed by atoms with van der Waals surface area (Å²) < 4.78 is 5.72. The lowest BCUT2D eigenvalue weighted by Crippen LogP contribution is -2.29. The van der Waals surface area contributed by atoms with Gasteiger partial charge in [0.25, 0.3) is 11.1 Å². The average Bonchev–Trinajstić information content (AvgIpc) is 2.95. The van der Waals surface area contributed by atoms with Gasteiger partial charge in [-0.3, -0.25) is 14.5 Å². The van der Waals surface area contributed by atoms with Gasteiger partial charge in [-0.05, 0) is 69.9 Å². The average molecular weight is 476 g/mol. The maximum Gasteiger partial charge on any atom is 0.341 e. The third kappa shape index (κ3) is 5.71. The molecule has 1 N–H and O–H groups in total. The summed E-state index contributed by atoms with van der Waals surface area (Å²) in [6.45, 7) is -0.0671. The van der Waals surface area contributed by atoms with E-state index in [1.165, 1.54) is 10.5 Å². The van der Waals surface area contributed by atoms with Crippen molar-refractivity contribution in [2.45, 2.75) is 12.8 Å². The van der Waals surface area contributed by atoms with Gasteiger partial charge in [-0.2, -0.15) is 0 Å². The number of halogens is 1. The molecular formula is C21H18BrNO5S. The van der Waals surface area contributed by atoms with Gasteiger partial charge in [0.05, 0.1) is 9.38 Å². The maximum absolute atomic E-state index is 12.6. The normalized spacial score (nSPS) is 15.2. The van der Waals surface area contributed by atoms with E-state index in [0.29, 0.717) is 33.7 Å². The van der Waals surface area contributed by atoms with E-state index >= 15 is 0 Å². The van der Waals surface area contributed by atoms with Crippen LogP contribution in [0.3, 0.4) is 0 Å². The number of rotatable bonds is 8. The number of nitrogens with zero attached hydrogens (tertiary/aromatic N) is 1. The van der Waals surface area contributed by atoms with Crippen molar-refractivity contribution in [1.82, 2.24) is 4.90 Å². The van der Waals surface area contributed by atoms with Gasteiger partial charge in [0.15, 0.2) is 6.61 Å². The number of carbonyl (C=O) groups excluding carboxylic acids is 2. The standard InChI is InChI=1S/C21H18BrNO5S/c22-16-11-15(8-9-17(16)28-13-19(24)25)12-18-20(26)23(21(27)29-18)10-4-7-14-5-2-1-3-6-14/h1-3,5-6,8-9,11-12H,4,7,10,13H2,(H,24,25)/b18-12+. The molecule has 1 fully saturated rings. The highest BCUT2D eigenvalue weighted by atomic mass is 79.9. The Bertz CT molecular complexity index is 961. The summed E-state index contributed by atoms with van der Waals surface area (Å²) in [5, 5.41) is 8.42. The predicted octanol–water partition coefficient (Wildman–Crippen LogP) is 4.58. The number of hydrogen-bond acceptors (Lipinski definition) is 5. The van der Waals surface area contributed by atoms with E-state index in [9.17, 15) is 14.4 Å². The Morgan fingerprint density at radius 1 is 1.17 bits per heavy atom. The van der Waals surface area contributed by atoms with Crippen LogP contribution in [0, 0.1) is 0 Å². The molecule has 2 aromatic rings. The molecule has 0 unspecified atom stereocenters. The number of carbonyl (C=O) groups is 3. The summed E-state index contributed by atoms with van der Waals surface area (Å²) >= 11 is 4.25. The van der Waals surface area contributed by atoms with Crippen molar-refractivity contribution in [3.63, 3.8) is 0 Å². The minimum atomic E-state index is -1.07. The zero-order valence-electron chi connectivity index (χ0n) is 15.3. The second kappa shape index (κ2) is 9.76. The van der Waals surface area contributed by atoms with Crippen molar-refractivity contribution in [3.05, 3.63) is 69.0 Å². The number of benzene rings is 2. The van der Waals surface area contributed by atoms with Crippen LogP contribution in [0.1, 0.15) is 17.5 Å². The van der Waals surface area contributed by atoms with Gasteiger partial charge in [-0.15, -0.1) is 0 Å². The third-order valence-corrected chi connectivity index (χ3v) is 5.70. The monoisotopic (exact) mass is 475 g/mol. The van der Waals surface area contributed by atoms with E-state index in [1.807, 2.05) is 30.3 Å². The van der Waals surface area contributed by atoms with Gasteiger partial charge in [0, 0.05) is 6.54 Å². The molecule has 29 heavy (non-hydrogen) atoms. The maximum atomic E-state index is 12.6. The number of amides is 2. The van der Waals surface area contributed by atoms with Crippen molar-refractivity contribution in [1.29, 1.82) is 0 Å². The molecule has 1 aliphatic rings. The number of carboxylic acids is 1. The predicted molar refractivity (Wildman–Crippen MR) is 115 cm³/mol. The number of aliphatic carboxylic acids is 1. The molecule has 0 saturated carbocycles. The lowest BCUT2D eigenvalue weighted by atomic mass is 10.1. The van der Waals surface area contributed by atoms with Crippen molar-refractivity contribution in [3.8, 4) is 5.75 Å². The van der Waals surface area contributed by atoms with Crippen LogP contribution >= 0.6 is 27.7 Å².